The third-order valence-electron chi connectivity index (χ3n) is 3.93. The maximum absolute atomic E-state index is 6.15. The highest BCUT2D eigenvalue weighted by atomic mass is 16.5. The van der Waals surface area contributed by atoms with E-state index in [1.54, 1.807) is 0 Å². The fraction of sp³-hybridized carbons (Fsp3) is 0.600. The Morgan fingerprint density at radius 2 is 1.88 bits per heavy atom. The van der Waals surface area contributed by atoms with Crippen molar-refractivity contribution in [2.24, 2.45) is 0 Å². The lowest BCUT2D eigenvalue weighted by Crippen LogP contribution is -2.35. The molecule has 1 aliphatic rings. The van der Waals surface area contributed by atoms with Crippen LogP contribution in [0, 0.1) is 0 Å². The van der Waals surface area contributed by atoms with Crippen molar-refractivity contribution in [1.29, 1.82) is 0 Å². The average Bonchev–Trinajstić information content (AvgIpc) is 2.38. The molecular formula is C15H23NO. The summed E-state index contributed by atoms with van der Waals surface area (Å²) in [6.07, 6.45) is 6.35. The van der Waals surface area contributed by atoms with Crippen LogP contribution in [0.1, 0.15) is 44.6 Å². The summed E-state index contributed by atoms with van der Waals surface area (Å²) >= 11 is 0. The van der Waals surface area contributed by atoms with Crippen molar-refractivity contribution < 1.29 is 4.74 Å². The summed E-state index contributed by atoms with van der Waals surface area (Å²) in [7, 11) is 0. The Bertz CT molecular complexity index is 356. The topological polar surface area (TPSA) is 35.2 Å². The molecule has 0 aliphatic heterocycles. The molecule has 0 atom stereocenters. The molecule has 0 unspecified atom stereocenters. The first kappa shape index (κ1) is 12.4. The SMILES string of the molecule is CCOCC1(c2ccccc2N)CCCCC1. The number of hydrogen-bond donors (Lipinski definition) is 1. The first-order chi connectivity index (χ1) is 8.28. The van der Waals surface area contributed by atoms with E-state index in [9.17, 15) is 0 Å². The molecule has 94 valence electrons. The van der Waals surface area contributed by atoms with E-state index in [-0.39, 0.29) is 5.41 Å². The number of hydrogen-bond acceptors (Lipinski definition) is 2. The number of benzene rings is 1. The van der Waals surface area contributed by atoms with Crippen LogP contribution in [0.5, 0.6) is 0 Å². The molecule has 2 N–H and O–H groups in total. The van der Waals surface area contributed by atoms with Crippen LogP contribution in [0.2, 0.25) is 0 Å². The molecule has 0 bridgehead atoms. The number of nitrogens with two attached hydrogens (primary N) is 1. The molecule has 0 aromatic heterocycles. The molecule has 0 amide bonds. The van der Waals surface area contributed by atoms with E-state index in [2.05, 4.69) is 19.1 Å². The normalized spacial score (nSPS) is 19.1. The molecule has 0 radical (unpaired) electrons. The van der Waals surface area contributed by atoms with Gasteiger partial charge in [-0.15, -0.1) is 0 Å². The number of nitrogen functional groups attached to an aromatic ring is 1. The number of para-hydroxylation sites is 1. The molecule has 1 saturated carbocycles. The van der Waals surface area contributed by atoms with Crippen LogP contribution in [0.25, 0.3) is 0 Å². The summed E-state index contributed by atoms with van der Waals surface area (Å²) in [4.78, 5) is 0. The fourth-order valence-corrected chi connectivity index (χ4v) is 3.00. The highest BCUT2D eigenvalue weighted by molar-refractivity contribution is 5.51. The predicted octanol–water partition coefficient (Wildman–Crippen LogP) is 3.51. The number of ether oxygens (including phenoxy) is 1. The lowest BCUT2D eigenvalue weighted by atomic mass is 9.69. The first-order valence-electron chi connectivity index (χ1n) is 6.71. The van der Waals surface area contributed by atoms with E-state index in [0.717, 1.165) is 18.9 Å². The van der Waals surface area contributed by atoms with Crippen LogP contribution < -0.4 is 5.73 Å². The highest BCUT2D eigenvalue weighted by Crippen LogP contribution is 2.41. The predicted molar refractivity (Wildman–Crippen MR) is 72.1 cm³/mol. The Morgan fingerprint density at radius 1 is 1.18 bits per heavy atom. The first-order valence-corrected chi connectivity index (χ1v) is 6.71. The van der Waals surface area contributed by atoms with E-state index in [1.165, 1.54) is 37.7 Å². The van der Waals surface area contributed by atoms with E-state index in [0.29, 0.717) is 0 Å². The van der Waals surface area contributed by atoms with Gasteiger partial charge < -0.3 is 10.5 Å². The molecule has 1 fully saturated rings. The van der Waals surface area contributed by atoms with Crippen molar-refractivity contribution in [3.05, 3.63) is 29.8 Å². The zero-order valence-electron chi connectivity index (χ0n) is 10.7. The van der Waals surface area contributed by atoms with Gasteiger partial charge in [0.05, 0.1) is 6.61 Å². The Balaban J connectivity index is 2.28. The minimum Gasteiger partial charge on any atom is -0.398 e. The van der Waals surface area contributed by atoms with E-state index in [4.69, 9.17) is 10.5 Å². The van der Waals surface area contributed by atoms with Crippen molar-refractivity contribution in [3.63, 3.8) is 0 Å². The van der Waals surface area contributed by atoms with Gasteiger partial charge in [-0.25, -0.2) is 0 Å². The van der Waals surface area contributed by atoms with E-state index in [1.807, 2.05) is 12.1 Å². The fourth-order valence-electron chi connectivity index (χ4n) is 3.00. The maximum Gasteiger partial charge on any atom is 0.0563 e. The van der Waals surface area contributed by atoms with Gasteiger partial charge in [0.1, 0.15) is 0 Å². The van der Waals surface area contributed by atoms with Gasteiger partial charge in [-0.2, -0.15) is 0 Å². The van der Waals surface area contributed by atoms with Crippen molar-refractivity contribution in [3.8, 4) is 0 Å². The van der Waals surface area contributed by atoms with Crippen LogP contribution in [-0.2, 0) is 10.2 Å². The third kappa shape index (κ3) is 2.63. The van der Waals surface area contributed by atoms with Gasteiger partial charge in [0.15, 0.2) is 0 Å². The molecule has 2 heteroatoms. The van der Waals surface area contributed by atoms with Gasteiger partial charge in [-0.3, -0.25) is 0 Å². The Labute approximate surface area is 104 Å². The number of rotatable bonds is 4. The molecular weight excluding hydrogens is 210 g/mol. The number of anilines is 1. The second-order valence-corrected chi connectivity index (χ2v) is 5.07. The van der Waals surface area contributed by atoms with Gasteiger partial charge in [0, 0.05) is 17.7 Å². The van der Waals surface area contributed by atoms with Crippen LogP contribution in [0.4, 0.5) is 5.69 Å². The molecule has 2 rings (SSSR count). The standard InChI is InChI=1S/C15H23NO/c1-2-17-12-15(10-6-3-7-11-15)13-8-4-5-9-14(13)16/h4-5,8-9H,2-3,6-7,10-12,16H2,1H3. The van der Waals surface area contributed by atoms with Gasteiger partial charge in [0.2, 0.25) is 0 Å². The molecule has 0 saturated heterocycles. The van der Waals surface area contributed by atoms with Crippen LogP contribution in [0.15, 0.2) is 24.3 Å². The second-order valence-electron chi connectivity index (χ2n) is 5.07. The highest BCUT2D eigenvalue weighted by Gasteiger charge is 2.35. The minimum atomic E-state index is 0.166. The van der Waals surface area contributed by atoms with Crippen molar-refractivity contribution in [2.75, 3.05) is 18.9 Å². The molecule has 0 heterocycles. The monoisotopic (exact) mass is 233 g/mol. The smallest absolute Gasteiger partial charge is 0.0563 e. The zero-order chi connectivity index (χ0) is 12.1. The van der Waals surface area contributed by atoms with Crippen LogP contribution in [-0.4, -0.2) is 13.2 Å². The largest absolute Gasteiger partial charge is 0.398 e. The molecule has 2 nitrogen and oxygen atoms in total. The van der Waals surface area contributed by atoms with Crippen LogP contribution in [0.3, 0.4) is 0 Å². The summed E-state index contributed by atoms with van der Waals surface area (Å²) in [5.74, 6) is 0. The zero-order valence-corrected chi connectivity index (χ0v) is 10.7. The van der Waals surface area contributed by atoms with Crippen molar-refractivity contribution in [1.82, 2.24) is 0 Å². The summed E-state index contributed by atoms with van der Waals surface area (Å²) < 4.78 is 5.73. The summed E-state index contributed by atoms with van der Waals surface area (Å²) in [5, 5.41) is 0. The summed E-state index contributed by atoms with van der Waals surface area (Å²) in [6, 6.07) is 8.29. The van der Waals surface area contributed by atoms with Crippen molar-refractivity contribution >= 4 is 5.69 Å². The van der Waals surface area contributed by atoms with E-state index >= 15 is 0 Å². The molecule has 17 heavy (non-hydrogen) atoms. The van der Waals surface area contributed by atoms with Gasteiger partial charge in [0.25, 0.3) is 0 Å². The molecule has 1 aromatic carbocycles. The maximum atomic E-state index is 6.15. The second kappa shape index (κ2) is 5.54. The average molecular weight is 233 g/mol. The summed E-state index contributed by atoms with van der Waals surface area (Å²) in [5.41, 5.74) is 8.54. The minimum absolute atomic E-state index is 0.166. The third-order valence-corrected chi connectivity index (χ3v) is 3.93. The lowest BCUT2D eigenvalue weighted by Gasteiger charge is -2.38. The van der Waals surface area contributed by atoms with Gasteiger partial charge >= 0.3 is 0 Å². The van der Waals surface area contributed by atoms with Crippen LogP contribution >= 0.6 is 0 Å². The molecule has 1 aromatic rings. The lowest BCUT2D eigenvalue weighted by molar-refractivity contribution is 0.0725. The Kier molecular flexibility index (Phi) is 4.06. The summed E-state index contributed by atoms with van der Waals surface area (Å²) in [6.45, 7) is 3.66. The molecule has 1 aliphatic carbocycles. The van der Waals surface area contributed by atoms with E-state index < -0.39 is 0 Å². The Morgan fingerprint density at radius 3 is 2.53 bits per heavy atom. The molecule has 0 spiro atoms. The van der Waals surface area contributed by atoms with Gasteiger partial charge in [-0.1, -0.05) is 37.5 Å². The van der Waals surface area contributed by atoms with Crippen molar-refractivity contribution in [2.45, 2.75) is 44.4 Å². The Hall–Kier alpha value is -1.02. The quantitative estimate of drug-likeness (QED) is 0.808. The van der Waals surface area contributed by atoms with Gasteiger partial charge in [-0.05, 0) is 31.4 Å².